The van der Waals surface area contributed by atoms with Crippen LogP contribution in [-0.4, -0.2) is 12.1 Å². The van der Waals surface area contributed by atoms with E-state index in [2.05, 4.69) is 4.98 Å². The Labute approximate surface area is 65.2 Å². The maximum Gasteiger partial charge on any atom is 0.236 e. The van der Waals surface area contributed by atoms with Crippen molar-refractivity contribution in [3.8, 4) is 5.88 Å². The molecule has 4 N–H and O–H groups in total. The SMILES string of the molecule is COc1ncc(CN)cc1N. The Kier molecular flexibility index (Phi) is 2.28. The molecule has 0 aliphatic carbocycles. The molecule has 0 aliphatic heterocycles. The summed E-state index contributed by atoms with van der Waals surface area (Å²) in [5.74, 6) is 0.446. The molecule has 0 aliphatic rings. The van der Waals surface area contributed by atoms with E-state index in [-0.39, 0.29) is 0 Å². The molecular weight excluding hydrogens is 142 g/mol. The molecule has 4 nitrogen and oxygen atoms in total. The lowest BCUT2D eigenvalue weighted by Gasteiger charge is -2.03. The van der Waals surface area contributed by atoms with E-state index in [1.54, 1.807) is 12.3 Å². The molecule has 0 unspecified atom stereocenters. The van der Waals surface area contributed by atoms with Crippen molar-refractivity contribution in [2.24, 2.45) is 5.73 Å². The minimum Gasteiger partial charge on any atom is -0.480 e. The number of ether oxygens (including phenoxy) is 1. The van der Waals surface area contributed by atoms with Gasteiger partial charge in [0.2, 0.25) is 5.88 Å². The van der Waals surface area contributed by atoms with Crippen LogP contribution in [0.3, 0.4) is 0 Å². The second-order valence-corrected chi connectivity index (χ2v) is 2.15. The molecule has 1 aromatic rings. The average Bonchev–Trinajstić information content (AvgIpc) is 2.04. The molecule has 11 heavy (non-hydrogen) atoms. The maximum absolute atomic E-state index is 5.56. The molecule has 1 aromatic heterocycles. The number of methoxy groups -OCH3 is 1. The van der Waals surface area contributed by atoms with Crippen LogP contribution >= 0.6 is 0 Å². The molecular formula is C7H11N3O. The van der Waals surface area contributed by atoms with Crippen molar-refractivity contribution in [2.75, 3.05) is 12.8 Å². The molecule has 0 atom stereocenters. The standard InChI is InChI=1S/C7H11N3O/c1-11-7-6(9)2-5(3-8)4-10-7/h2,4H,3,8-9H2,1H3. The third-order valence-electron chi connectivity index (χ3n) is 1.36. The van der Waals surface area contributed by atoms with Crippen molar-refractivity contribution in [1.82, 2.24) is 4.98 Å². The van der Waals surface area contributed by atoms with Gasteiger partial charge in [0.1, 0.15) is 0 Å². The van der Waals surface area contributed by atoms with Gasteiger partial charge in [-0.1, -0.05) is 0 Å². The van der Waals surface area contributed by atoms with Crippen LogP contribution in [0.4, 0.5) is 5.69 Å². The number of rotatable bonds is 2. The Balaban J connectivity index is 2.99. The number of hydrogen-bond acceptors (Lipinski definition) is 4. The Morgan fingerprint density at radius 2 is 2.36 bits per heavy atom. The van der Waals surface area contributed by atoms with Crippen molar-refractivity contribution < 1.29 is 4.74 Å². The molecule has 0 aromatic carbocycles. The van der Waals surface area contributed by atoms with Gasteiger partial charge in [0.25, 0.3) is 0 Å². The first-order chi connectivity index (χ1) is 5.27. The zero-order chi connectivity index (χ0) is 8.27. The first-order valence-electron chi connectivity index (χ1n) is 3.26. The fourth-order valence-corrected chi connectivity index (χ4v) is 0.797. The molecule has 0 saturated carbocycles. The third kappa shape index (κ3) is 1.59. The number of anilines is 1. The van der Waals surface area contributed by atoms with Crippen LogP contribution in [0, 0.1) is 0 Å². The predicted octanol–water partition coefficient (Wildman–Crippen LogP) is 0.131. The minimum atomic E-state index is 0.446. The summed E-state index contributed by atoms with van der Waals surface area (Å²) in [4.78, 5) is 3.94. The molecule has 0 bridgehead atoms. The Bertz CT molecular complexity index is 249. The zero-order valence-electron chi connectivity index (χ0n) is 6.37. The molecule has 1 heterocycles. The highest BCUT2D eigenvalue weighted by molar-refractivity contribution is 5.49. The first-order valence-corrected chi connectivity index (χ1v) is 3.26. The summed E-state index contributed by atoms with van der Waals surface area (Å²) in [6.45, 7) is 0.446. The van der Waals surface area contributed by atoms with Crippen LogP contribution in [0.25, 0.3) is 0 Å². The number of nitrogens with two attached hydrogens (primary N) is 2. The van der Waals surface area contributed by atoms with Crippen LogP contribution in [-0.2, 0) is 6.54 Å². The number of aromatic nitrogens is 1. The van der Waals surface area contributed by atoms with Crippen LogP contribution in [0.2, 0.25) is 0 Å². The van der Waals surface area contributed by atoms with E-state index in [4.69, 9.17) is 16.2 Å². The highest BCUT2D eigenvalue weighted by Crippen LogP contribution is 2.17. The highest BCUT2D eigenvalue weighted by Gasteiger charge is 1.99. The summed E-state index contributed by atoms with van der Waals surface area (Å²) in [7, 11) is 1.53. The lowest BCUT2D eigenvalue weighted by atomic mass is 10.2. The lowest BCUT2D eigenvalue weighted by molar-refractivity contribution is 0.400. The molecule has 60 valence electrons. The summed E-state index contributed by atoms with van der Waals surface area (Å²) in [5, 5.41) is 0. The fraction of sp³-hybridized carbons (Fsp3) is 0.286. The van der Waals surface area contributed by atoms with Crippen molar-refractivity contribution in [1.29, 1.82) is 0 Å². The number of hydrogen-bond donors (Lipinski definition) is 2. The van der Waals surface area contributed by atoms with Gasteiger partial charge in [0.15, 0.2) is 0 Å². The van der Waals surface area contributed by atoms with Gasteiger partial charge in [-0.2, -0.15) is 0 Å². The average molecular weight is 153 g/mol. The first kappa shape index (κ1) is 7.81. The van der Waals surface area contributed by atoms with Gasteiger partial charge in [0, 0.05) is 12.7 Å². The quantitative estimate of drug-likeness (QED) is 0.633. The second kappa shape index (κ2) is 3.21. The summed E-state index contributed by atoms with van der Waals surface area (Å²) in [6.07, 6.45) is 1.65. The number of nitrogens with zero attached hydrogens (tertiary/aromatic N) is 1. The van der Waals surface area contributed by atoms with Gasteiger partial charge in [-0.15, -0.1) is 0 Å². The van der Waals surface area contributed by atoms with E-state index in [1.165, 1.54) is 7.11 Å². The van der Waals surface area contributed by atoms with Gasteiger partial charge in [-0.25, -0.2) is 4.98 Å². The van der Waals surface area contributed by atoms with Crippen LogP contribution in [0.1, 0.15) is 5.56 Å². The minimum absolute atomic E-state index is 0.446. The summed E-state index contributed by atoms with van der Waals surface area (Å²) in [6, 6.07) is 1.76. The Hall–Kier alpha value is -1.29. The van der Waals surface area contributed by atoms with E-state index in [1.807, 2.05) is 0 Å². The smallest absolute Gasteiger partial charge is 0.236 e. The highest BCUT2D eigenvalue weighted by atomic mass is 16.5. The topological polar surface area (TPSA) is 74.2 Å². The van der Waals surface area contributed by atoms with Crippen LogP contribution in [0.15, 0.2) is 12.3 Å². The predicted molar refractivity (Wildman–Crippen MR) is 43.1 cm³/mol. The van der Waals surface area contributed by atoms with Crippen molar-refractivity contribution in [3.63, 3.8) is 0 Å². The monoisotopic (exact) mass is 153 g/mol. The van der Waals surface area contributed by atoms with E-state index in [9.17, 15) is 0 Å². The molecule has 0 amide bonds. The summed E-state index contributed by atoms with van der Waals surface area (Å²) in [5.41, 5.74) is 12.4. The lowest BCUT2D eigenvalue weighted by Crippen LogP contribution is -2.01. The fourth-order valence-electron chi connectivity index (χ4n) is 0.797. The van der Waals surface area contributed by atoms with Gasteiger partial charge in [-0.05, 0) is 11.6 Å². The van der Waals surface area contributed by atoms with E-state index in [0.29, 0.717) is 18.1 Å². The summed E-state index contributed by atoms with van der Waals surface area (Å²) >= 11 is 0. The summed E-state index contributed by atoms with van der Waals surface area (Å²) < 4.78 is 4.87. The van der Waals surface area contributed by atoms with Crippen LogP contribution in [0.5, 0.6) is 5.88 Å². The van der Waals surface area contributed by atoms with E-state index in [0.717, 1.165) is 5.56 Å². The van der Waals surface area contributed by atoms with Crippen LogP contribution < -0.4 is 16.2 Å². The Morgan fingerprint density at radius 1 is 1.64 bits per heavy atom. The maximum atomic E-state index is 5.56. The van der Waals surface area contributed by atoms with E-state index >= 15 is 0 Å². The van der Waals surface area contributed by atoms with Gasteiger partial charge in [-0.3, -0.25) is 0 Å². The molecule has 4 heteroatoms. The second-order valence-electron chi connectivity index (χ2n) is 2.15. The van der Waals surface area contributed by atoms with E-state index < -0.39 is 0 Å². The van der Waals surface area contributed by atoms with Crippen molar-refractivity contribution in [2.45, 2.75) is 6.54 Å². The largest absolute Gasteiger partial charge is 0.480 e. The molecule has 1 rings (SSSR count). The van der Waals surface area contributed by atoms with Crippen molar-refractivity contribution in [3.05, 3.63) is 17.8 Å². The van der Waals surface area contributed by atoms with Crippen molar-refractivity contribution >= 4 is 5.69 Å². The molecule has 0 fully saturated rings. The molecule has 0 saturated heterocycles. The van der Waals surface area contributed by atoms with Gasteiger partial charge in [0.05, 0.1) is 12.8 Å². The van der Waals surface area contributed by atoms with Gasteiger partial charge < -0.3 is 16.2 Å². The number of pyridine rings is 1. The molecule has 0 radical (unpaired) electrons. The number of nitrogen functional groups attached to an aromatic ring is 1. The third-order valence-corrected chi connectivity index (χ3v) is 1.36. The Morgan fingerprint density at radius 3 is 2.82 bits per heavy atom. The zero-order valence-corrected chi connectivity index (χ0v) is 6.37. The van der Waals surface area contributed by atoms with Gasteiger partial charge >= 0.3 is 0 Å². The molecule has 0 spiro atoms. The normalized spacial score (nSPS) is 9.64.